The SMILES string of the molecule is NC[C@H](O)C(=O)NC1CN[C@H](C(=O)Nc2ccc(Oc3ccccc3)cc2)C1. The van der Waals surface area contributed by atoms with Crippen molar-refractivity contribution >= 4 is 17.5 Å². The van der Waals surface area contributed by atoms with Gasteiger partial charge < -0.3 is 31.5 Å². The number of hydrogen-bond donors (Lipinski definition) is 5. The van der Waals surface area contributed by atoms with Crippen LogP contribution in [0.3, 0.4) is 0 Å². The highest BCUT2D eigenvalue weighted by atomic mass is 16.5. The van der Waals surface area contributed by atoms with Crippen LogP contribution in [-0.4, -0.2) is 48.2 Å². The lowest BCUT2D eigenvalue weighted by Gasteiger charge is -2.15. The molecule has 1 heterocycles. The number of aliphatic hydroxyl groups excluding tert-OH is 1. The van der Waals surface area contributed by atoms with E-state index in [1.165, 1.54) is 0 Å². The van der Waals surface area contributed by atoms with Crippen LogP contribution in [0.25, 0.3) is 0 Å². The second-order valence-corrected chi connectivity index (χ2v) is 6.58. The fourth-order valence-corrected chi connectivity index (χ4v) is 2.91. The molecular weight excluding hydrogens is 360 g/mol. The van der Waals surface area contributed by atoms with Gasteiger partial charge in [0.2, 0.25) is 11.8 Å². The van der Waals surface area contributed by atoms with Crippen molar-refractivity contribution in [3.63, 3.8) is 0 Å². The number of nitrogens with one attached hydrogen (secondary N) is 3. The summed E-state index contributed by atoms with van der Waals surface area (Å²) >= 11 is 0. The first-order valence-corrected chi connectivity index (χ1v) is 9.11. The minimum atomic E-state index is -1.23. The number of para-hydroxylation sites is 1. The van der Waals surface area contributed by atoms with E-state index in [9.17, 15) is 14.7 Å². The number of aliphatic hydroxyl groups is 1. The van der Waals surface area contributed by atoms with Crippen LogP contribution >= 0.6 is 0 Å². The Morgan fingerprint density at radius 2 is 1.82 bits per heavy atom. The molecule has 6 N–H and O–H groups in total. The molecule has 1 fully saturated rings. The van der Waals surface area contributed by atoms with E-state index >= 15 is 0 Å². The standard InChI is InChI=1S/C20H24N4O4/c21-11-18(25)20(27)24-14-10-17(22-12-14)19(26)23-13-6-8-16(9-7-13)28-15-4-2-1-3-5-15/h1-9,14,17-18,22,25H,10-12,21H2,(H,23,26)(H,24,27)/t14?,17-,18-/m0/s1. The number of carbonyl (C=O) groups excluding carboxylic acids is 2. The molecule has 0 aliphatic carbocycles. The second-order valence-electron chi connectivity index (χ2n) is 6.58. The first-order valence-electron chi connectivity index (χ1n) is 9.11. The first-order chi connectivity index (χ1) is 13.5. The molecule has 2 amide bonds. The van der Waals surface area contributed by atoms with E-state index in [-0.39, 0.29) is 18.5 Å². The summed E-state index contributed by atoms with van der Waals surface area (Å²) in [6.45, 7) is 0.310. The van der Waals surface area contributed by atoms with Gasteiger partial charge in [-0.1, -0.05) is 18.2 Å². The van der Waals surface area contributed by atoms with Gasteiger partial charge in [-0.2, -0.15) is 0 Å². The lowest BCUT2D eigenvalue weighted by atomic mass is 10.1. The zero-order chi connectivity index (χ0) is 19.9. The highest BCUT2D eigenvalue weighted by Crippen LogP contribution is 2.23. The summed E-state index contributed by atoms with van der Waals surface area (Å²) in [5.74, 6) is 0.698. The zero-order valence-corrected chi connectivity index (χ0v) is 15.3. The fraction of sp³-hybridized carbons (Fsp3) is 0.300. The van der Waals surface area contributed by atoms with Gasteiger partial charge in [0.15, 0.2) is 0 Å². The molecule has 3 atom stereocenters. The van der Waals surface area contributed by atoms with E-state index in [0.717, 1.165) is 5.75 Å². The maximum absolute atomic E-state index is 12.4. The van der Waals surface area contributed by atoms with Crippen molar-refractivity contribution in [3.05, 3.63) is 54.6 Å². The van der Waals surface area contributed by atoms with Gasteiger partial charge in [-0.15, -0.1) is 0 Å². The highest BCUT2D eigenvalue weighted by Gasteiger charge is 2.31. The van der Waals surface area contributed by atoms with Crippen LogP contribution in [0.1, 0.15) is 6.42 Å². The molecule has 1 aliphatic heterocycles. The van der Waals surface area contributed by atoms with Crippen LogP contribution in [0.5, 0.6) is 11.5 Å². The zero-order valence-electron chi connectivity index (χ0n) is 15.3. The molecule has 8 heteroatoms. The van der Waals surface area contributed by atoms with Crippen LogP contribution in [0, 0.1) is 0 Å². The van der Waals surface area contributed by atoms with E-state index in [1.54, 1.807) is 24.3 Å². The number of anilines is 1. The van der Waals surface area contributed by atoms with Crippen LogP contribution in [0.4, 0.5) is 5.69 Å². The maximum atomic E-state index is 12.4. The predicted molar refractivity (Wildman–Crippen MR) is 105 cm³/mol. The number of benzene rings is 2. The molecule has 3 rings (SSSR count). The molecule has 0 radical (unpaired) electrons. The van der Waals surface area contributed by atoms with Crippen molar-refractivity contribution in [1.82, 2.24) is 10.6 Å². The molecule has 1 saturated heterocycles. The Labute approximate surface area is 163 Å². The highest BCUT2D eigenvalue weighted by molar-refractivity contribution is 5.95. The van der Waals surface area contributed by atoms with Gasteiger partial charge in [-0.25, -0.2) is 0 Å². The van der Waals surface area contributed by atoms with Gasteiger partial charge in [0.1, 0.15) is 17.6 Å². The Hall–Kier alpha value is -2.94. The van der Waals surface area contributed by atoms with E-state index < -0.39 is 18.1 Å². The number of carbonyl (C=O) groups is 2. The summed E-state index contributed by atoms with van der Waals surface area (Å²) in [4.78, 5) is 24.1. The van der Waals surface area contributed by atoms with Crippen LogP contribution < -0.4 is 26.4 Å². The Kier molecular flexibility index (Phi) is 6.59. The number of rotatable bonds is 7. The van der Waals surface area contributed by atoms with Gasteiger partial charge in [0, 0.05) is 24.8 Å². The number of nitrogens with two attached hydrogens (primary N) is 1. The minimum absolute atomic E-state index is 0.139. The van der Waals surface area contributed by atoms with Crippen molar-refractivity contribution in [3.8, 4) is 11.5 Å². The van der Waals surface area contributed by atoms with E-state index in [4.69, 9.17) is 10.5 Å². The third-order valence-electron chi connectivity index (χ3n) is 4.42. The predicted octanol–water partition coefficient (Wildman–Crippen LogP) is 0.584. The largest absolute Gasteiger partial charge is 0.457 e. The summed E-state index contributed by atoms with van der Waals surface area (Å²) in [6.07, 6.45) is -0.797. The normalized spacial score (nSPS) is 19.6. The molecular formula is C20H24N4O4. The maximum Gasteiger partial charge on any atom is 0.250 e. The Bertz CT molecular complexity index is 798. The van der Waals surface area contributed by atoms with Crippen LogP contribution in [0.2, 0.25) is 0 Å². The molecule has 1 unspecified atom stereocenters. The Balaban J connectivity index is 1.49. The molecule has 0 aromatic heterocycles. The van der Waals surface area contributed by atoms with Gasteiger partial charge >= 0.3 is 0 Å². The molecule has 1 aliphatic rings. The van der Waals surface area contributed by atoms with E-state index in [0.29, 0.717) is 24.4 Å². The molecule has 2 aromatic rings. The van der Waals surface area contributed by atoms with Crippen LogP contribution in [-0.2, 0) is 9.59 Å². The monoisotopic (exact) mass is 384 g/mol. The third-order valence-corrected chi connectivity index (χ3v) is 4.42. The molecule has 0 spiro atoms. The Morgan fingerprint density at radius 3 is 2.50 bits per heavy atom. The second kappa shape index (κ2) is 9.32. The third kappa shape index (κ3) is 5.29. The summed E-state index contributed by atoms with van der Waals surface area (Å²) in [6, 6.07) is 15.9. The summed E-state index contributed by atoms with van der Waals surface area (Å²) in [5.41, 5.74) is 5.91. The molecule has 8 nitrogen and oxygen atoms in total. The first kappa shape index (κ1) is 19.8. The number of hydrogen-bond acceptors (Lipinski definition) is 6. The van der Waals surface area contributed by atoms with Gasteiger partial charge in [0.25, 0.3) is 0 Å². The topological polar surface area (TPSA) is 126 Å². The average Bonchev–Trinajstić information content (AvgIpc) is 3.18. The number of amides is 2. The smallest absolute Gasteiger partial charge is 0.250 e. The number of ether oxygens (including phenoxy) is 1. The van der Waals surface area contributed by atoms with Crippen molar-refractivity contribution < 1.29 is 19.4 Å². The van der Waals surface area contributed by atoms with Crippen LogP contribution in [0.15, 0.2) is 54.6 Å². The molecule has 0 bridgehead atoms. The molecule has 0 saturated carbocycles. The molecule has 28 heavy (non-hydrogen) atoms. The Morgan fingerprint density at radius 1 is 1.14 bits per heavy atom. The minimum Gasteiger partial charge on any atom is -0.457 e. The average molecular weight is 384 g/mol. The van der Waals surface area contributed by atoms with E-state index in [1.807, 2.05) is 30.3 Å². The van der Waals surface area contributed by atoms with Crippen molar-refractivity contribution in [2.75, 3.05) is 18.4 Å². The van der Waals surface area contributed by atoms with Gasteiger partial charge in [-0.3, -0.25) is 9.59 Å². The van der Waals surface area contributed by atoms with Crippen molar-refractivity contribution in [2.24, 2.45) is 5.73 Å². The lowest BCUT2D eigenvalue weighted by molar-refractivity contribution is -0.129. The summed E-state index contributed by atoms with van der Waals surface area (Å²) in [5, 5.41) is 18.0. The van der Waals surface area contributed by atoms with Gasteiger partial charge in [0.05, 0.1) is 6.04 Å². The van der Waals surface area contributed by atoms with Crippen molar-refractivity contribution in [2.45, 2.75) is 24.6 Å². The summed E-state index contributed by atoms with van der Waals surface area (Å²) < 4.78 is 5.72. The van der Waals surface area contributed by atoms with E-state index in [2.05, 4.69) is 16.0 Å². The summed E-state index contributed by atoms with van der Waals surface area (Å²) in [7, 11) is 0. The lowest BCUT2D eigenvalue weighted by Crippen LogP contribution is -2.45. The van der Waals surface area contributed by atoms with Crippen molar-refractivity contribution in [1.29, 1.82) is 0 Å². The molecule has 148 valence electrons. The molecule has 2 aromatic carbocycles. The quantitative estimate of drug-likeness (QED) is 0.476. The van der Waals surface area contributed by atoms with Gasteiger partial charge in [-0.05, 0) is 42.8 Å². The fourth-order valence-electron chi connectivity index (χ4n) is 2.91.